The van der Waals surface area contributed by atoms with Gasteiger partial charge in [0.05, 0.1) is 5.54 Å². The highest BCUT2D eigenvalue weighted by atomic mass is 19.4. The van der Waals surface area contributed by atoms with Gasteiger partial charge in [-0.25, -0.2) is 9.38 Å². The van der Waals surface area contributed by atoms with Crippen LogP contribution < -0.4 is 5.73 Å². The third-order valence-corrected chi connectivity index (χ3v) is 4.46. The first-order valence-electron chi connectivity index (χ1n) is 8.39. The van der Waals surface area contributed by atoms with Gasteiger partial charge in [0.2, 0.25) is 0 Å². The number of halogens is 4. The molecule has 1 aliphatic heterocycles. The molecule has 1 aromatic carbocycles. The Morgan fingerprint density at radius 1 is 1.21 bits per heavy atom. The molecule has 0 aliphatic carbocycles. The molecule has 0 fully saturated rings. The minimum atomic E-state index is -4.65. The molecule has 0 bridgehead atoms. The average Bonchev–Trinajstić information content (AvgIpc) is 2.61. The van der Waals surface area contributed by atoms with E-state index in [0.29, 0.717) is 16.7 Å². The number of ether oxygens (including phenoxy) is 1. The van der Waals surface area contributed by atoms with Crippen LogP contribution in [0.2, 0.25) is 0 Å². The molecule has 2 unspecified atom stereocenters. The summed E-state index contributed by atoms with van der Waals surface area (Å²) in [5, 5.41) is 0. The van der Waals surface area contributed by atoms with E-state index in [0.717, 1.165) is 0 Å². The Morgan fingerprint density at radius 3 is 2.64 bits per heavy atom. The van der Waals surface area contributed by atoms with Crippen LogP contribution in [0.25, 0.3) is 11.1 Å². The third kappa shape index (κ3) is 3.93. The van der Waals surface area contributed by atoms with E-state index >= 15 is 0 Å². The van der Waals surface area contributed by atoms with E-state index < -0.39 is 36.1 Å². The second kappa shape index (κ2) is 7.15. The number of nitrogens with two attached hydrogens (primary N) is 1. The molecule has 8 heteroatoms. The summed E-state index contributed by atoms with van der Waals surface area (Å²) in [7, 11) is 0. The molecular formula is C20H17F4N3O. The molecular weight excluding hydrogens is 374 g/mol. The maximum absolute atomic E-state index is 14.6. The summed E-state index contributed by atoms with van der Waals surface area (Å²) in [6, 6.07) is 5.32. The van der Waals surface area contributed by atoms with Crippen molar-refractivity contribution in [1.82, 2.24) is 4.98 Å². The number of rotatable bonds is 2. The van der Waals surface area contributed by atoms with E-state index in [4.69, 9.17) is 5.73 Å². The lowest BCUT2D eigenvalue weighted by atomic mass is 9.84. The largest absolute Gasteiger partial charge is 0.452 e. The molecule has 146 valence electrons. The zero-order valence-corrected chi connectivity index (χ0v) is 15.1. The molecule has 2 heterocycles. The number of pyridine rings is 1. The molecule has 2 atom stereocenters. The maximum atomic E-state index is 14.6. The van der Waals surface area contributed by atoms with E-state index in [1.54, 1.807) is 25.4 Å². The van der Waals surface area contributed by atoms with Gasteiger partial charge in [-0.15, -0.1) is 5.92 Å². The highest BCUT2D eigenvalue weighted by molar-refractivity contribution is 5.73. The monoisotopic (exact) mass is 391 g/mol. The highest BCUT2D eigenvalue weighted by Crippen LogP contribution is 2.41. The Bertz CT molecular complexity index is 991. The van der Waals surface area contributed by atoms with Crippen molar-refractivity contribution in [2.24, 2.45) is 10.7 Å². The van der Waals surface area contributed by atoms with Gasteiger partial charge in [-0.2, -0.15) is 13.2 Å². The maximum Gasteiger partial charge on any atom is 0.425 e. The van der Waals surface area contributed by atoms with Crippen LogP contribution in [-0.4, -0.2) is 23.3 Å². The van der Waals surface area contributed by atoms with Crippen LogP contribution in [0.1, 0.15) is 31.4 Å². The van der Waals surface area contributed by atoms with Crippen molar-refractivity contribution in [3.05, 3.63) is 53.6 Å². The smallest absolute Gasteiger partial charge is 0.425 e. The van der Waals surface area contributed by atoms with Gasteiger partial charge in [-0.05, 0) is 37.6 Å². The topological polar surface area (TPSA) is 60.5 Å². The van der Waals surface area contributed by atoms with Gasteiger partial charge in [-0.3, -0.25) is 4.98 Å². The van der Waals surface area contributed by atoms with Crippen molar-refractivity contribution < 1.29 is 22.3 Å². The van der Waals surface area contributed by atoms with Crippen LogP contribution in [0.4, 0.5) is 17.6 Å². The third-order valence-electron chi connectivity index (χ3n) is 4.46. The molecule has 1 aromatic heterocycles. The van der Waals surface area contributed by atoms with Crippen molar-refractivity contribution in [2.45, 2.75) is 38.1 Å². The van der Waals surface area contributed by atoms with Gasteiger partial charge in [0.15, 0.2) is 6.10 Å². The van der Waals surface area contributed by atoms with E-state index in [2.05, 4.69) is 26.6 Å². The van der Waals surface area contributed by atoms with Crippen molar-refractivity contribution in [3.8, 4) is 23.0 Å². The molecule has 28 heavy (non-hydrogen) atoms. The molecule has 1 aliphatic rings. The fourth-order valence-corrected chi connectivity index (χ4v) is 3.14. The van der Waals surface area contributed by atoms with Gasteiger partial charge in [0, 0.05) is 35.5 Å². The lowest BCUT2D eigenvalue weighted by molar-refractivity contribution is -0.208. The normalized spacial score (nSPS) is 21.9. The van der Waals surface area contributed by atoms with Crippen molar-refractivity contribution in [2.75, 3.05) is 0 Å². The number of aliphatic imine (C=N–C) groups is 1. The molecule has 0 radical (unpaired) electrons. The van der Waals surface area contributed by atoms with Gasteiger partial charge < -0.3 is 10.5 Å². The highest BCUT2D eigenvalue weighted by Gasteiger charge is 2.50. The van der Waals surface area contributed by atoms with Crippen LogP contribution >= 0.6 is 0 Å². The van der Waals surface area contributed by atoms with Crippen LogP contribution in [0, 0.1) is 17.7 Å². The molecule has 2 N–H and O–H groups in total. The number of benzene rings is 1. The predicted octanol–water partition coefficient (Wildman–Crippen LogP) is 4.14. The lowest BCUT2D eigenvalue weighted by Gasteiger charge is -2.36. The van der Waals surface area contributed by atoms with Crippen molar-refractivity contribution >= 4 is 6.02 Å². The van der Waals surface area contributed by atoms with Crippen LogP contribution in [0.3, 0.4) is 0 Å². The summed E-state index contributed by atoms with van der Waals surface area (Å²) in [6.07, 6.45) is -4.24. The number of amidine groups is 1. The molecule has 0 saturated heterocycles. The first-order valence-corrected chi connectivity index (χ1v) is 8.39. The van der Waals surface area contributed by atoms with Crippen LogP contribution in [-0.2, 0) is 10.3 Å². The fraction of sp³-hybridized carbons (Fsp3) is 0.300. The van der Waals surface area contributed by atoms with Gasteiger partial charge in [0.25, 0.3) is 6.02 Å². The summed E-state index contributed by atoms with van der Waals surface area (Å²) < 4.78 is 58.8. The Kier molecular flexibility index (Phi) is 5.02. The zero-order valence-electron chi connectivity index (χ0n) is 15.1. The van der Waals surface area contributed by atoms with Gasteiger partial charge in [-0.1, -0.05) is 12.0 Å². The standard InChI is InChI=1S/C20H17F4N3O/c1-3-4-12-7-14(11-26-10-12)13-5-6-16(21)15(8-13)19(2)9-17(20(22,23)24)28-18(25)27-19/h5-8,10-11,17H,9H2,1-2H3,(H2,25,27). The van der Waals surface area contributed by atoms with E-state index in [9.17, 15) is 17.6 Å². The number of aromatic nitrogens is 1. The summed E-state index contributed by atoms with van der Waals surface area (Å²) in [6.45, 7) is 3.09. The Hall–Kier alpha value is -3.08. The zero-order chi connectivity index (χ0) is 20.5. The lowest BCUT2D eigenvalue weighted by Crippen LogP contribution is -2.46. The number of hydrogen-bond donors (Lipinski definition) is 1. The first-order chi connectivity index (χ1) is 13.1. The number of hydrogen-bond acceptors (Lipinski definition) is 4. The van der Waals surface area contributed by atoms with E-state index in [-0.39, 0.29) is 5.56 Å². The molecule has 0 saturated carbocycles. The summed E-state index contributed by atoms with van der Waals surface area (Å²) >= 11 is 0. The second-order valence-electron chi connectivity index (χ2n) is 6.61. The summed E-state index contributed by atoms with van der Waals surface area (Å²) in [5.41, 5.74) is 5.83. The summed E-state index contributed by atoms with van der Waals surface area (Å²) in [5.74, 6) is 4.96. The molecule has 3 rings (SSSR count). The van der Waals surface area contributed by atoms with Crippen molar-refractivity contribution in [1.29, 1.82) is 0 Å². The summed E-state index contributed by atoms with van der Waals surface area (Å²) in [4.78, 5) is 8.09. The van der Waals surface area contributed by atoms with Gasteiger partial charge >= 0.3 is 6.18 Å². The van der Waals surface area contributed by atoms with Gasteiger partial charge in [0.1, 0.15) is 5.82 Å². The first kappa shape index (κ1) is 19.7. The quantitative estimate of drug-likeness (QED) is 0.618. The number of nitrogens with zero attached hydrogens (tertiary/aromatic N) is 2. The number of alkyl halides is 3. The Labute approximate surface area is 159 Å². The minimum absolute atomic E-state index is 0.00233. The molecule has 4 nitrogen and oxygen atoms in total. The molecule has 2 aromatic rings. The van der Waals surface area contributed by atoms with E-state index in [1.807, 2.05) is 0 Å². The Morgan fingerprint density at radius 2 is 1.96 bits per heavy atom. The fourth-order valence-electron chi connectivity index (χ4n) is 3.14. The SMILES string of the molecule is CC#Cc1cncc(-c2ccc(F)c(C3(C)CC(C(F)(F)F)OC(N)=N3)c2)c1. The van der Waals surface area contributed by atoms with E-state index in [1.165, 1.54) is 25.1 Å². The van der Waals surface area contributed by atoms with Crippen LogP contribution in [0.5, 0.6) is 0 Å². The minimum Gasteiger partial charge on any atom is -0.452 e. The molecule has 0 amide bonds. The second-order valence-corrected chi connectivity index (χ2v) is 6.61. The average molecular weight is 391 g/mol. The molecule has 0 spiro atoms. The predicted molar refractivity (Wildman–Crippen MR) is 96.7 cm³/mol. The van der Waals surface area contributed by atoms with Crippen LogP contribution in [0.15, 0.2) is 41.7 Å². The Balaban J connectivity index is 2.07. The van der Waals surface area contributed by atoms with Crippen molar-refractivity contribution in [3.63, 3.8) is 0 Å².